The van der Waals surface area contributed by atoms with Crippen molar-refractivity contribution in [3.8, 4) is 11.5 Å². The third-order valence-electron chi connectivity index (χ3n) is 4.45. The fourth-order valence-corrected chi connectivity index (χ4v) is 4.37. The van der Waals surface area contributed by atoms with Crippen molar-refractivity contribution in [2.45, 2.75) is 11.8 Å². The number of nitrogens with one attached hydrogen (secondary N) is 1. The summed E-state index contributed by atoms with van der Waals surface area (Å²) in [6, 6.07) is 14.1. The van der Waals surface area contributed by atoms with Crippen LogP contribution in [0.15, 0.2) is 75.1 Å². The van der Waals surface area contributed by atoms with Crippen LogP contribution in [0.5, 0.6) is 11.5 Å². The second kappa shape index (κ2) is 10.4. The Kier molecular flexibility index (Phi) is 7.64. The van der Waals surface area contributed by atoms with Crippen LogP contribution in [0.3, 0.4) is 0 Å². The highest BCUT2D eigenvalue weighted by Gasteiger charge is 2.21. The number of hydrazone groups is 1. The fourth-order valence-electron chi connectivity index (χ4n) is 2.80. The summed E-state index contributed by atoms with van der Waals surface area (Å²) in [5, 5.41) is 14.8. The molecule has 0 spiro atoms. The summed E-state index contributed by atoms with van der Waals surface area (Å²) in [5.41, 5.74) is 3.82. The number of nitrogens with zero attached hydrogens (tertiary/aromatic N) is 2. The number of nitro groups is 1. The second-order valence-electron chi connectivity index (χ2n) is 6.88. The number of hydrogen-bond acceptors (Lipinski definition) is 8. The van der Waals surface area contributed by atoms with Crippen LogP contribution in [-0.4, -0.2) is 32.6 Å². The van der Waals surface area contributed by atoms with Crippen molar-refractivity contribution < 1.29 is 27.1 Å². The Morgan fingerprint density at radius 2 is 1.88 bits per heavy atom. The van der Waals surface area contributed by atoms with E-state index in [1.165, 1.54) is 49.7 Å². The first-order valence-corrected chi connectivity index (χ1v) is 11.8. The Labute approximate surface area is 203 Å². The minimum absolute atomic E-state index is 0.0305. The zero-order valence-corrected chi connectivity index (χ0v) is 20.3. The minimum Gasteiger partial charge on any atom is -0.496 e. The molecule has 0 unspecified atom stereocenters. The molecule has 0 saturated heterocycles. The third kappa shape index (κ3) is 5.97. The lowest BCUT2D eigenvalue weighted by Gasteiger charge is -2.09. The van der Waals surface area contributed by atoms with E-state index in [0.29, 0.717) is 16.9 Å². The fraction of sp³-hybridized carbons (Fsp3) is 0.0909. The number of carbonyl (C=O) groups is 1. The van der Waals surface area contributed by atoms with Gasteiger partial charge in [0.1, 0.15) is 10.6 Å². The van der Waals surface area contributed by atoms with Crippen LogP contribution < -0.4 is 14.3 Å². The monoisotopic (exact) mass is 547 g/mol. The van der Waals surface area contributed by atoms with E-state index in [9.17, 15) is 23.3 Å². The summed E-state index contributed by atoms with van der Waals surface area (Å²) in [6.45, 7) is 1.88. The van der Waals surface area contributed by atoms with Crippen molar-refractivity contribution in [1.29, 1.82) is 0 Å². The van der Waals surface area contributed by atoms with Crippen LogP contribution in [-0.2, 0) is 10.1 Å². The van der Waals surface area contributed by atoms with Gasteiger partial charge in [0.25, 0.3) is 11.6 Å². The number of hydrogen-bond donors (Lipinski definition) is 1. The van der Waals surface area contributed by atoms with Gasteiger partial charge in [0.15, 0.2) is 5.75 Å². The number of benzene rings is 3. The number of rotatable bonds is 8. The lowest BCUT2D eigenvalue weighted by molar-refractivity contribution is -0.385. The lowest BCUT2D eigenvalue weighted by atomic mass is 10.1. The van der Waals surface area contributed by atoms with Crippen molar-refractivity contribution in [3.05, 3.63) is 91.9 Å². The second-order valence-corrected chi connectivity index (χ2v) is 9.29. The number of halogens is 1. The Morgan fingerprint density at radius 3 is 2.56 bits per heavy atom. The van der Waals surface area contributed by atoms with Crippen molar-refractivity contribution >= 4 is 43.9 Å². The number of carbonyl (C=O) groups excluding carboxylic acids is 1. The van der Waals surface area contributed by atoms with Gasteiger partial charge in [0, 0.05) is 12.1 Å². The van der Waals surface area contributed by atoms with Crippen LogP contribution in [0.2, 0.25) is 0 Å². The van der Waals surface area contributed by atoms with Crippen LogP contribution in [0.1, 0.15) is 21.5 Å². The van der Waals surface area contributed by atoms with E-state index in [-0.39, 0.29) is 20.8 Å². The molecule has 3 rings (SSSR count). The van der Waals surface area contributed by atoms with Crippen molar-refractivity contribution in [2.75, 3.05) is 7.11 Å². The molecule has 0 aliphatic rings. The van der Waals surface area contributed by atoms with Crippen LogP contribution in [0.25, 0.3) is 0 Å². The van der Waals surface area contributed by atoms with Gasteiger partial charge in [-0.15, -0.1) is 0 Å². The lowest BCUT2D eigenvalue weighted by Crippen LogP contribution is -2.18. The number of nitro benzene ring substituents is 1. The summed E-state index contributed by atoms with van der Waals surface area (Å²) < 4.78 is 35.7. The first-order valence-electron chi connectivity index (χ1n) is 9.57. The van der Waals surface area contributed by atoms with Gasteiger partial charge < -0.3 is 8.92 Å². The van der Waals surface area contributed by atoms with Crippen LogP contribution >= 0.6 is 15.9 Å². The average molecular weight is 548 g/mol. The molecule has 1 amide bonds. The average Bonchev–Trinajstić information content (AvgIpc) is 2.80. The number of aryl methyl sites for hydroxylation is 1. The number of non-ortho nitro benzene ring substituents is 1. The molecule has 3 aromatic rings. The predicted molar refractivity (Wildman–Crippen MR) is 128 cm³/mol. The Balaban J connectivity index is 1.71. The van der Waals surface area contributed by atoms with E-state index in [1.807, 2.05) is 6.92 Å². The highest BCUT2D eigenvalue weighted by molar-refractivity contribution is 9.10. The summed E-state index contributed by atoms with van der Waals surface area (Å²) in [7, 11) is -2.84. The summed E-state index contributed by atoms with van der Waals surface area (Å²) in [5.74, 6) is -0.0749. The number of amides is 1. The van der Waals surface area contributed by atoms with Gasteiger partial charge in [-0.3, -0.25) is 14.9 Å². The largest absolute Gasteiger partial charge is 0.496 e. The first kappa shape index (κ1) is 24.9. The highest BCUT2D eigenvalue weighted by atomic mass is 79.9. The van der Waals surface area contributed by atoms with E-state index >= 15 is 0 Å². The molecule has 1 N–H and O–H groups in total. The summed E-state index contributed by atoms with van der Waals surface area (Å²) >= 11 is 3.23. The van der Waals surface area contributed by atoms with Gasteiger partial charge in [-0.25, -0.2) is 5.43 Å². The van der Waals surface area contributed by atoms with Gasteiger partial charge in [-0.2, -0.15) is 13.5 Å². The van der Waals surface area contributed by atoms with Crippen molar-refractivity contribution in [1.82, 2.24) is 5.43 Å². The molecular weight excluding hydrogens is 530 g/mol. The molecule has 0 saturated carbocycles. The molecule has 10 nitrogen and oxygen atoms in total. The summed E-state index contributed by atoms with van der Waals surface area (Å²) in [4.78, 5) is 22.2. The van der Waals surface area contributed by atoms with Crippen LogP contribution in [0.4, 0.5) is 5.69 Å². The van der Waals surface area contributed by atoms with Crippen molar-refractivity contribution in [3.63, 3.8) is 0 Å². The quantitative estimate of drug-likeness (QED) is 0.193. The highest BCUT2D eigenvalue weighted by Crippen LogP contribution is 2.29. The molecule has 0 aromatic heterocycles. The van der Waals surface area contributed by atoms with Crippen molar-refractivity contribution in [2.24, 2.45) is 5.10 Å². The Bertz CT molecular complexity index is 1390. The third-order valence-corrected chi connectivity index (χ3v) is 6.30. The molecule has 0 heterocycles. The smallest absolute Gasteiger partial charge is 0.339 e. The topological polar surface area (TPSA) is 137 Å². The molecule has 176 valence electrons. The molecular formula is C22H18BrN3O7S. The minimum atomic E-state index is -4.31. The van der Waals surface area contributed by atoms with Gasteiger partial charge in [0.2, 0.25) is 0 Å². The summed E-state index contributed by atoms with van der Waals surface area (Å²) in [6.07, 6.45) is 1.36. The predicted octanol–water partition coefficient (Wildman–Crippen LogP) is 4.21. The van der Waals surface area contributed by atoms with Gasteiger partial charge >= 0.3 is 10.1 Å². The van der Waals surface area contributed by atoms with Gasteiger partial charge in [0.05, 0.1) is 28.3 Å². The van der Waals surface area contributed by atoms with E-state index < -0.39 is 20.9 Å². The molecule has 12 heteroatoms. The first-order chi connectivity index (χ1) is 16.1. The van der Waals surface area contributed by atoms with Gasteiger partial charge in [-0.05, 0) is 70.4 Å². The molecule has 34 heavy (non-hydrogen) atoms. The Hall–Kier alpha value is -3.77. The zero-order valence-electron chi connectivity index (χ0n) is 17.9. The maximum Gasteiger partial charge on any atom is 0.339 e. The molecule has 0 bridgehead atoms. The van der Waals surface area contributed by atoms with E-state index in [4.69, 9.17) is 8.92 Å². The SMILES string of the molecule is COc1cc(C)ccc1C(=O)N/N=C\c1ccc(OS(=O)(=O)c2cccc([N+](=O)[O-])c2)c(Br)c1. The van der Waals surface area contributed by atoms with E-state index in [0.717, 1.165) is 11.6 Å². The maximum atomic E-state index is 12.5. The van der Waals surface area contributed by atoms with Gasteiger partial charge in [-0.1, -0.05) is 12.1 Å². The van der Waals surface area contributed by atoms with E-state index in [1.54, 1.807) is 18.2 Å². The van der Waals surface area contributed by atoms with Crippen LogP contribution in [0, 0.1) is 17.0 Å². The normalized spacial score (nSPS) is 11.3. The standard InChI is InChI=1S/C22H18BrN3O7S/c1-14-6-8-18(21(10-14)32-2)22(27)25-24-13-15-7-9-20(19(23)11-15)33-34(30,31)17-5-3-4-16(12-17)26(28)29/h3-13H,1-2H3,(H,25,27)/b24-13-. The number of methoxy groups -OCH3 is 1. The zero-order chi connectivity index (χ0) is 24.9. The molecule has 0 fully saturated rings. The number of ether oxygens (including phenoxy) is 1. The van der Waals surface area contributed by atoms with E-state index in [2.05, 4.69) is 26.5 Å². The molecule has 0 aliphatic heterocycles. The molecule has 0 radical (unpaired) electrons. The molecule has 0 aliphatic carbocycles. The molecule has 3 aromatic carbocycles. The molecule has 0 atom stereocenters. The maximum absolute atomic E-state index is 12.5. The Morgan fingerprint density at radius 1 is 1.12 bits per heavy atom.